The minimum absolute atomic E-state index is 0.0219. The molecule has 0 radical (unpaired) electrons. The van der Waals surface area contributed by atoms with Crippen LogP contribution in [0.15, 0.2) is 36.5 Å². The molecule has 0 fully saturated rings. The van der Waals surface area contributed by atoms with Crippen molar-refractivity contribution >= 4 is 23.2 Å². The van der Waals surface area contributed by atoms with Crippen LogP contribution in [-0.2, 0) is 0 Å². The molecule has 4 nitrogen and oxygen atoms in total. The van der Waals surface area contributed by atoms with Gasteiger partial charge in [0.05, 0.1) is 17.4 Å². The first kappa shape index (κ1) is 12.3. The SMILES string of the molecule is O=C(Nc1ccc(Cl)nc1)c1ccc(F)cc1O. The minimum atomic E-state index is -0.614. The van der Waals surface area contributed by atoms with E-state index in [4.69, 9.17) is 11.6 Å². The third-order valence-corrected chi connectivity index (χ3v) is 2.41. The van der Waals surface area contributed by atoms with E-state index in [-0.39, 0.29) is 5.56 Å². The summed E-state index contributed by atoms with van der Waals surface area (Å²) >= 11 is 5.60. The van der Waals surface area contributed by atoms with Crippen LogP contribution in [0.2, 0.25) is 5.15 Å². The van der Waals surface area contributed by atoms with Gasteiger partial charge in [-0.1, -0.05) is 11.6 Å². The van der Waals surface area contributed by atoms with E-state index in [1.807, 2.05) is 0 Å². The molecule has 1 amide bonds. The van der Waals surface area contributed by atoms with E-state index in [0.29, 0.717) is 10.8 Å². The molecule has 1 aromatic heterocycles. The number of hydrogen-bond acceptors (Lipinski definition) is 3. The van der Waals surface area contributed by atoms with Crippen molar-refractivity contribution in [2.75, 3.05) is 5.32 Å². The number of amides is 1. The zero-order valence-electron chi connectivity index (χ0n) is 9.02. The number of carbonyl (C=O) groups is 1. The highest BCUT2D eigenvalue weighted by Crippen LogP contribution is 2.19. The van der Waals surface area contributed by atoms with Gasteiger partial charge in [0.1, 0.15) is 16.7 Å². The zero-order valence-corrected chi connectivity index (χ0v) is 9.78. The molecule has 92 valence electrons. The molecule has 0 aliphatic carbocycles. The Morgan fingerprint density at radius 3 is 2.72 bits per heavy atom. The Balaban J connectivity index is 2.19. The largest absolute Gasteiger partial charge is 0.507 e. The second-order valence-corrected chi connectivity index (χ2v) is 3.87. The van der Waals surface area contributed by atoms with E-state index in [9.17, 15) is 14.3 Å². The lowest BCUT2D eigenvalue weighted by atomic mass is 10.2. The van der Waals surface area contributed by atoms with Gasteiger partial charge in [-0.2, -0.15) is 0 Å². The van der Waals surface area contributed by atoms with E-state index in [1.54, 1.807) is 6.07 Å². The molecular weight excluding hydrogens is 259 g/mol. The second-order valence-electron chi connectivity index (χ2n) is 3.49. The van der Waals surface area contributed by atoms with Gasteiger partial charge in [0, 0.05) is 6.07 Å². The number of carbonyl (C=O) groups excluding carboxylic acids is 1. The molecule has 2 rings (SSSR count). The van der Waals surface area contributed by atoms with E-state index >= 15 is 0 Å². The standard InChI is InChI=1S/C12H8ClFN2O2/c13-11-4-2-8(6-15-11)16-12(18)9-3-1-7(14)5-10(9)17/h1-6,17H,(H,16,18). The van der Waals surface area contributed by atoms with Gasteiger partial charge in [0.2, 0.25) is 0 Å². The summed E-state index contributed by atoms with van der Waals surface area (Å²) in [5.41, 5.74) is 0.402. The number of nitrogens with zero attached hydrogens (tertiary/aromatic N) is 1. The fraction of sp³-hybridized carbons (Fsp3) is 0. The zero-order chi connectivity index (χ0) is 13.1. The fourth-order valence-corrected chi connectivity index (χ4v) is 1.46. The normalized spacial score (nSPS) is 10.1. The summed E-state index contributed by atoms with van der Waals surface area (Å²) < 4.78 is 12.8. The molecule has 2 N–H and O–H groups in total. The first-order chi connectivity index (χ1) is 8.56. The van der Waals surface area contributed by atoms with Crippen LogP contribution >= 0.6 is 11.6 Å². The number of anilines is 1. The Morgan fingerprint density at radius 2 is 2.11 bits per heavy atom. The highest BCUT2D eigenvalue weighted by Gasteiger charge is 2.12. The molecule has 1 aromatic carbocycles. The molecule has 0 bridgehead atoms. The number of phenolic OH excluding ortho intramolecular Hbond substituents is 1. The number of aromatic hydroxyl groups is 1. The molecule has 0 unspecified atom stereocenters. The smallest absolute Gasteiger partial charge is 0.259 e. The summed E-state index contributed by atoms with van der Waals surface area (Å²) in [5, 5.41) is 12.3. The van der Waals surface area contributed by atoms with Gasteiger partial charge in [-0.05, 0) is 24.3 Å². The summed E-state index contributed by atoms with van der Waals surface area (Å²) in [6.07, 6.45) is 1.38. The van der Waals surface area contributed by atoms with Crippen molar-refractivity contribution in [3.05, 3.63) is 53.1 Å². The summed E-state index contributed by atoms with van der Waals surface area (Å²) in [6, 6.07) is 6.24. The van der Waals surface area contributed by atoms with Gasteiger partial charge in [-0.15, -0.1) is 0 Å². The van der Waals surface area contributed by atoms with Crippen LogP contribution in [0.4, 0.5) is 10.1 Å². The van der Waals surface area contributed by atoms with Gasteiger partial charge in [-0.3, -0.25) is 4.79 Å². The first-order valence-corrected chi connectivity index (χ1v) is 5.35. The van der Waals surface area contributed by atoms with Gasteiger partial charge in [-0.25, -0.2) is 9.37 Å². The molecule has 2 aromatic rings. The molecule has 1 heterocycles. The molecule has 6 heteroatoms. The number of rotatable bonds is 2. The van der Waals surface area contributed by atoms with Crippen LogP contribution in [0.25, 0.3) is 0 Å². The van der Waals surface area contributed by atoms with E-state index < -0.39 is 17.5 Å². The first-order valence-electron chi connectivity index (χ1n) is 4.97. The molecular formula is C12H8ClFN2O2. The summed E-state index contributed by atoms with van der Waals surface area (Å²) in [5.74, 6) is -1.59. The predicted octanol–water partition coefficient (Wildman–Crippen LogP) is 2.83. The number of nitrogens with one attached hydrogen (secondary N) is 1. The summed E-state index contributed by atoms with van der Waals surface area (Å²) in [7, 11) is 0. The molecule has 0 spiro atoms. The van der Waals surface area contributed by atoms with Crippen LogP contribution < -0.4 is 5.32 Å². The second kappa shape index (κ2) is 5.01. The maximum absolute atomic E-state index is 12.8. The van der Waals surface area contributed by atoms with Gasteiger partial charge >= 0.3 is 0 Å². The Morgan fingerprint density at radius 1 is 1.33 bits per heavy atom. The molecule has 0 aliphatic heterocycles. The summed E-state index contributed by atoms with van der Waals surface area (Å²) in [4.78, 5) is 15.6. The summed E-state index contributed by atoms with van der Waals surface area (Å²) in [6.45, 7) is 0. The Bertz CT molecular complexity index is 587. The molecule has 0 aliphatic rings. The number of phenols is 1. The molecule has 0 saturated carbocycles. The Kier molecular flexibility index (Phi) is 3.43. The molecule has 18 heavy (non-hydrogen) atoms. The minimum Gasteiger partial charge on any atom is -0.507 e. The number of aromatic nitrogens is 1. The molecule has 0 atom stereocenters. The van der Waals surface area contributed by atoms with Gasteiger partial charge in [0.25, 0.3) is 5.91 Å². The van der Waals surface area contributed by atoms with Crippen molar-refractivity contribution < 1.29 is 14.3 Å². The van der Waals surface area contributed by atoms with Crippen molar-refractivity contribution in [3.8, 4) is 5.75 Å². The molecule has 0 saturated heterocycles. The maximum atomic E-state index is 12.8. The Hall–Kier alpha value is -2.14. The average Bonchev–Trinajstić information content (AvgIpc) is 2.32. The maximum Gasteiger partial charge on any atom is 0.259 e. The number of benzene rings is 1. The lowest BCUT2D eigenvalue weighted by Gasteiger charge is -2.06. The Labute approximate surface area is 107 Å². The quantitative estimate of drug-likeness (QED) is 0.822. The van der Waals surface area contributed by atoms with Gasteiger partial charge in [0.15, 0.2) is 0 Å². The van der Waals surface area contributed by atoms with Crippen LogP contribution in [0, 0.1) is 5.82 Å². The van der Waals surface area contributed by atoms with Crippen LogP contribution in [0.5, 0.6) is 5.75 Å². The van der Waals surface area contributed by atoms with E-state index in [2.05, 4.69) is 10.3 Å². The average molecular weight is 267 g/mol. The van der Waals surface area contributed by atoms with Crippen LogP contribution in [0.3, 0.4) is 0 Å². The van der Waals surface area contributed by atoms with Gasteiger partial charge < -0.3 is 10.4 Å². The van der Waals surface area contributed by atoms with Crippen LogP contribution in [0.1, 0.15) is 10.4 Å². The van der Waals surface area contributed by atoms with Crippen LogP contribution in [-0.4, -0.2) is 16.0 Å². The fourth-order valence-electron chi connectivity index (χ4n) is 1.34. The topological polar surface area (TPSA) is 62.2 Å². The lowest BCUT2D eigenvalue weighted by Crippen LogP contribution is -2.12. The predicted molar refractivity (Wildman–Crippen MR) is 65.3 cm³/mol. The van der Waals surface area contributed by atoms with Crippen molar-refractivity contribution in [2.45, 2.75) is 0 Å². The number of halogens is 2. The third-order valence-electron chi connectivity index (χ3n) is 2.19. The monoisotopic (exact) mass is 266 g/mol. The van der Waals surface area contributed by atoms with Crippen molar-refractivity contribution in [1.29, 1.82) is 0 Å². The van der Waals surface area contributed by atoms with E-state index in [1.165, 1.54) is 18.3 Å². The van der Waals surface area contributed by atoms with Crippen molar-refractivity contribution in [2.24, 2.45) is 0 Å². The highest BCUT2D eigenvalue weighted by molar-refractivity contribution is 6.29. The number of hydrogen-bond donors (Lipinski definition) is 2. The van der Waals surface area contributed by atoms with Crippen molar-refractivity contribution in [1.82, 2.24) is 4.98 Å². The van der Waals surface area contributed by atoms with E-state index in [0.717, 1.165) is 12.1 Å². The highest BCUT2D eigenvalue weighted by atomic mass is 35.5. The third kappa shape index (κ3) is 2.75. The van der Waals surface area contributed by atoms with Crippen molar-refractivity contribution in [3.63, 3.8) is 0 Å². The lowest BCUT2D eigenvalue weighted by molar-refractivity contribution is 0.102. The number of pyridine rings is 1.